The van der Waals surface area contributed by atoms with E-state index >= 15 is 0 Å². The molecular formula is C16H16ClFN2O2. The Balaban J connectivity index is 1.94. The van der Waals surface area contributed by atoms with Gasteiger partial charge in [0.15, 0.2) is 0 Å². The highest BCUT2D eigenvalue weighted by atomic mass is 35.5. The summed E-state index contributed by atoms with van der Waals surface area (Å²) in [6.07, 6.45) is 0. The van der Waals surface area contributed by atoms with Crippen LogP contribution in [0.4, 0.5) is 15.8 Å². The first kappa shape index (κ1) is 16.1. The van der Waals surface area contributed by atoms with Gasteiger partial charge in [-0.15, -0.1) is 0 Å². The van der Waals surface area contributed by atoms with Crippen molar-refractivity contribution in [3.05, 3.63) is 52.8 Å². The minimum absolute atomic E-state index is 0.0520. The molecule has 2 aromatic carbocycles. The molecule has 0 heterocycles. The summed E-state index contributed by atoms with van der Waals surface area (Å²) < 4.78 is 18.7. The second kappa shape index (κ2) is 7.13. The summed E-state index contributed by atoms with van der Waals surface area (Å²) >= 11 is 5.98. The third-order valence-electron chi connectivity index (χ3n) is 3.00. The average molecular weight is 323 g/mol. The van der Waals surface area contributed by atoms with E-state index in [1.54, 1.807) is 37.3 Å². The van der Waals surface area contributed by atoms with Gasteiger partial charge in [-0.05, 0) is 42.8 Å². The summed E-state index contributed by atoms with van der Waals surface area (Å²) in [6.45, 7) is 1.75. The molecule has 0 radical (unpaired) electrons. The molecule has 0 saturated heterocycles. The number of aryl methyl sites for hydroxylation is 1. The lowest BCUT2D eigenvalue weighted by atomic mass is 10.2. The molecule has 0 aliphatic rings. The lowest BCUT2D eigenvalue weighted by Crippen LogP contribution is -2.22. The maximum absolute atomic E-state index is 13.6. The molecule has 0 unspecified atom stereocenters. The molecule has 2 rings (SSSR count). The van der Waals surface area contributed by atoms with Crippen LogP contribution in [0.5, 0.6) is 5.75 Å². The first-order valence-corrected chi connectivity index (χ1v) is 7.01. The Morgan fingerprint density at radius 3 is 2.68 bits per heavy atom. The number of anilines is 2. The number of benzene rings is 2. The van der Waals surface area contributed by atoms with Gasteiger partial charge in [0.1, 0.15) is 11.6 Å². The van der Waals surface area contributed by atoms with Crippen molar-refractivity contribution in [2.75, 3.05) is 24.3 Å². The third-order valence-corrected chi connectivity index (χ3v) is 3.29. The normalized spacial score (nSPS) is 10.2. The number of hydrogen-bond acceptors (Lipinski definition) is 3. The fourth-order valence-corrected chi connectivity index (χ4v) is 2.15. The van der Waals surface area contributed by atoms with Gasteiger partial charge in [-0.1, -0.05) is 17.7 Å². The highest BCUT2D eigenvalue weighted by Gasteiger charge is 2.07. The summed E-state index contributed by atoms with van der Waals surface area (Å²) in [4.78, 5) is 11.9. The zero-order valence-corrected chi connectivity index (χ0v) is 13.0. The quantitative estimate of drug-likeness (QED) is 0.879. The van der Waals surface area contributed by atoms with Gasteiger partial charge in [0.25, 0.3) is 0 Å². The number of nitrogens with one attached hydrogen (secondary N) is 2. The molecule has 2 aromatic rings. The summed E-state index contributed by atoms with van der Waals surface area (Å²) in [7, 11) is 1.51. The van der Waals surface area contributed by atoms with Gasteiger partial charge in [-0.2, -0.15) is 0 Å². The van der Waals surface area contributed by atoms with Gasteiger partial charge in [0.2, 0.25) is 5.91 Å². The van der Waals surface area contributed by atoms with Crippen molar-refractivity contribution in [2.45, 2.75) is 6.92 Å². The largest absolute Gasteiger partial charge is 0.495 e. The maximum Gasteiger partial charge on any atom is 0.243 e. The number of rotatable bonds is 5. The molecule has 6 heteroatoms. The fraction of sp³-hybridized carbons (Fsp3) is 0.188. The number of halogens is 2. The van der Waals surface area contributed by atoms with E-state index in [1.165, 1.54) is 13.2 Å². The van der Waals surface area contributed by atoms with E-state index in [-0.39, 0.29) is 24.0 Å². The summed E-state index contributed by atoms with van der Waals surface area (Å²) in [5.74, 6) is -0.166. The van der Waals surface area contributed by atoms with Crippen LogP contribution in [0.2, 0.25) is 5.02 Å². The van der Waals surface area contributed by atoms with Gasteiger partial charge >= 0.3 is 0 Å². The van der Waals surface area contributed by atoms with E-state index in [2.05, 4.69) is 10.6 Å². The molecule has 22 heavy (non-hydrogen) atoms. The van der Waals surface area contributed by atoms with Crippen molar-refractivity contribution in [2.24, 2.45) is 0 Å². The van der Waals surface area contributed by atoms with Crippen LogP contribution in [0.3, 0.4) is 0 Å². The van der Waals surface area contributed by atoms with Crippen molar-refractivity contribution in [3.8, 4) is 5.75 Å². The molecule has 0 atom stereocenters. The van der Waals surface area contributed by atoms with Gasteiger partial charge in [0.05, 0.1) is 24.4 Å². The Morgan fingerprint density at radius 2 is 2.05 bits per heavy atom. The predicted molar refractivity (Wildman–Crippen MR) is 86.3 cm³/mol. The predicted octanol–water partition coefficient (Wildman–Crippen LogP) is 3.85. The monoisotopic (exact) mass is 322 g/mol. The molecule has 4 nitrogen and oxygen atoms in total. The molecule has 0 saturated carbocycles. The zero-order chi connectivity index (χ0) is 16.1. The lowest BCUT2D eigenvalue weighted by molar-refractivity contribution is -0.114. The molecular weight excluding hydrogens is 307 g/mol. The Hall–Kier alpha value is -2.27. The average Bonchev–Trinajstić information content (AvgIpc) is 2.46. The number of hydrogen-bond donors (Lipinski definition) is 2. The van der Waals surface area contributed by atoms with Crippen LogP contribution in [0.25, 0.3) is 0 Å². The number of carbonyl (C=O) groups excluding carboxylic acids is 1. The first-order chi connectivity index (χ1) is 10.5. The fourth-order valence-electron chi connectivity index (χ4n) is 1.89. The Bertz CT molecular complexity index is 692. The van der Waals surface area contributed by atoms with Gasteiger partial charge in [0, 0.05) is 5.69 Å². The van der Waals surface area contributed by atoms with E-state index in [4.69, 9.17) is 16.3 Å². The molecule has 0 aromatic heterocycles. The van der Waals surface area contributed by atoms with Crippen LogP contribution in [0.15, 0.2) is 36.4 Å². The highest BCUT2D eigenvalue weighted by Crippen LogP contribution is 2.27. The minimum Gasteiger partial charge on any atom is -0.495 e. The SMILES string of the molecule is COc1ccc(NC(=O)CNc2ccc(C)cc2F)cc1Cl. The zero-order valence-electron chi connectivity index (χ0n) is 12.2. The number of ether oxygens (including phenoxy) is 1. The van der Waals surface area contributed by atoms with Crippen LogP contribution < -0.4 is 15.4 Å². The maximum atomic E-state index is 13.6. The van der Waals surface area contributed by atoms with Crippen LogP contribution in [0, 0.1) is 12.7 Å². The van der Waals surface area contributed by atoms with Gasteiger partial charge < -0.3 is 15.4 Å². The van der Waals surface area contributed by atoms with E-state index in [9.17, 15) is 9.18 Å². The molecule has 0 aliphatic carbocycles. The van der Waals surface area contributed by atoms with Crippen LogP contribution in [-0.4, -0.2) is 19.6 Å². The summed E-state index contributed by atoms with van der Waals surface area (Å²) in [5, 5.41) is 5.82. The summed E-state index contributed by atoms with van der Waals surface area (Å²) in [5.41, 5.74) is 1.65. The Labute approximate surface area is 133 Å². The van der Waals surface area contributed by atoms with E-state index in [0.717, 1.165) is 5.56 Å². The van der Waals surface area contributed by atoms with E-state index in [1.807, 2.05) is 0 Å². The minimum atomic E-state index is -0.389. The number of amides is 1. The second-order valence-electron chi connectivity index (χ2n) is 4.73. The van der Waals surface area contributed by atoms with Crippen molar-refractivity contribution >= 4 is 28.9 Å². The molecule has 0 aliphatic heterocycles. The molecule has 0 fully saturated rings. The third kappa shape index (κ3) is 4.11. The molecule has 0 spiro atoms. The van der Waals surface area contributed by atoms with Crippen LogP contribution >= 0.6 is 11.6 Å². The highest BCUT2D eigenvalue weighted by molar-refractivity contribution is 6.32. The molecule has 0 bridgehead atoms. The van der Waals surface area contributed by atoms with Crippen molar-refractivity contribution in [1.82, 2.24) is 0 Å². The van der Waals surface area contributed by atoms with Crippen molar-refractivity contribution < 1.29 is 13.9 Å². The topological polar surface area (TPSA) is 50.4 Å². The van der Waals surface area contributed by atoms with Gasteiger partial charge in [-0.25, -0.2) is 4.39 Å². The smallest absolute Gasteiger partial charge is 0.243 e. The van der Waals surface area contributed by atoms with Crippen molar-refractivity contribution in [1.29, 1.82) is 0 Å². The molecule has 1 amide bonds. The first-order valence-electron chi connectivity index (χ1n) is 6.63. The standard InChI is InChI=1S/C16H16ClFN2O2/c1-10-3-5-14(13(18)7-10)19-9-16(21)20-11-4-6-15(22-2)12(17)8-11/h3-8,19H,9H2,1-2H3,(H,20,21). The molecule has 116 valence electrons. The number of methoxy groups -OCH3 is 1. The Kier molecular flexibility index (Phi) is 5.22. The molecule has 2 N–H and O–H groups in total. The second-order valence-corrected chi connectivity index (χ2v) is 5.14. The van der Waals surface area contributed by atoms with Crippen LogP contribution in [-0.2, 0) is 4.79 Å². The van der Waals surface area contributed by atoms with E-state index < -0.39 is 0 Å². The Morgan fingerprint density at radius 1 is 1.27 bits per heavy atom. The van der Waals surface area contributed by atoms with Crippen molar-refractivity contribution in [3.63, 3.8) is 0 Å². The van der Waals surface area contributed by atoms with Gasteiger partial charge in [-0.3, -0.25) is 4.79 Å². The van der Waals surface area contributed by atoms with E-state index in [0.29, 0.717) is 16.5 Å². The summed E-state index contributed by atoms with van der Waals surface area (Å²) in [6, 6.07) is 9.70. The lowest BCUT2D eigenvalue weighted by Gasteiger charge is -2.10. The number of carbonyl (C=O) groups is 1. The van der Waals surface area contributed by atoms with Crippen LogP contribution in [0.1, 0.15) is 5.56 Å².